The summed E-state index contributed by atoms with van der Waals surface area (Å²) in [5, 5.41) is 9.88. The smallest absolute Gasteiger partial charge is 0.191 e. The van der Waals surface area contributed by atoms with Gasteiger partial charge in [-0.3, -0.25) is 4.99 Å². The maximum Gasteiger partial charge on any atom is 0.191 e. The van der Waals surface area contributed by atoms with Crippen LogP contribution in [0.4, 0.5) is 0 Å². The topological polar surface area (TPSA) is 58.5 Å². The lowest BCUT2D eigenvalue weighted by Gasteiger charge is -2.12. The molecule has 0 fully saturated rings. The van der Waals surface area contributed by atoms with Crippen molar-refractivity contribution in [2.75, 3.05) is 20.2 Å². The van der Waals surface area contributed by atoms with Gasteiger partial charge in [0.05, 0.1) is 13.1 Å². The summed E-state index contributed by atoms with van der Waals surface area (Å²) in [6.07, 6.45) is 1.88. The molecule has 0 radical (unpaired) electrons. The minimum atomic E-state index is 0.561. The van der Waals surface area contributed by atoms with E-state index in [1.807, 2.05) is 30.5 Å². The van der Waals surface area contributed by atoms with Gasteiger partial charge in [-0.1, -0.05) is 36.4 Å². The molecule has 0 unspecified atom stereocenters. The molecule has 0 amide bonds. The number of aliphatic imine (C=N–C) groups is 1. The summed E-state index contributed by atoms with van der Waals surface area (Å²) in [4.78, 5) is 9.77. The largest absolute Gasteiger partial charge is 0.491 e. The van der Waals surface area contributed by atoms with E-state index in [1.165, 1.54) is 10.3 Å². The fourth-order valence-electron chi connectivity index (χ4n) is 2.52. The number of guanidine groups is 1. The van der Waals surface area contributed by atoms with Crippen molar-refractivity contribution in [2.45, 2.75) is 13.5 Å². The zero-order valence-corrected chi connectivity index (χ0v) is 15.3. The minimum Gasteiger partial charge on any atom is -0.491 e. The van der Waals surface area contributed by atoms with Crippen LogP contribution in [-0.2, 0) is 6.54 Å². The highest BCUT2D eigenvalue weighted by Crippen LogP contribution is 2.24. The predicted molar refractivity (Wildman–Crippen MR) is 104 cm³/mol. The van der Waals surface area contributed by atoms with Crippen molar-refractivity contribution >= 4 is 28.1 Å². The summed E-state index contributed by atoms with van der Waals surface area (Å²) in [5.74, 6) is 1.65. The quantitative estimate of drug-likeness (QED) is 0.405. The Bertz CT molecular complexity index is 854. The van der Waals surface area contributed by atoms with E-state index in [1.54, 1.807) is 18.4 Å². The van der Waals surface area contributed by atoms with Crippen LogP contribution in [0.2, 0.25) is 0 Å². The zero-order valence-electron chi connectivity index (χ0n) is 14.5. The highest BCUT2D eigenvalue weighted by molar-refractivity contribution is 7.11. The summed E-state index contributed by atoms with van der Waals surface area (Å²) in [5.41, 5.74) is 0. The van der Waals surface area contributed by atoms with Gasteiger partial charge >= 0.3 is 0 Å². The molecule has 0 saturated heterocycles. The Morgan fingerprint density at radius 1 is 1.16 bits per heavy atom. The van der Waals surface area contributed by atoms with Crippen LogP contribution in [0.5, 0.6) is 5.75 Å². The third-order valence-electron chi connectivity index (χ3n) is 3.70. The summed E-state index contributed by atoms with van der Waals surface area (Å²) in [7, 11) is 1.76. The Balaban J connectivity index is 1.46. The number of ether oxygens (including phenoxy) is 1. The predicted octanol–water partition coefficient (Wildman–Crippen LogP) is 3.35. The highest BCUT2D eigenvalue weighted by Gasteiger charge is 2.03. The second-order valence-corrected chi connectivity index (χ2v) is 6.86. The van der Waals surface area contributed by atoms with E-state index in [9.17, 15) is 0 Å². The van der Waals surface area contributed by atoms with Crippen LogP contribution in [0.15, 0.2) is 53.7 Å². The first-order valence-electron chi connectivity index (χ1n) is 8.22. The first kappa shape index (κ1) is 17.2. The maximum atomic E-state index is 5.92. The number of hydrogen-bond acceptors (Lipinski definition) is 4. The third-order valence-corrected chi connectivity index (χ3v) is 4.61. The van der Waals surface area contributed by atoms with Gasteiger partial charge in [0.15, 0.2) is 5.96 Å². The molecule has 0 aliphatic rings. The number of rotatable bonds is 6. The van der Waals surface area contributed by atoms with E-state index in [-0.39, 0.29) is 0 Å². The van der Waals surface area contributed by atoms with E-state index >= 15 is 0 Å². The van der Waals surface area contributed by atoms with Crippen LogP contribution >= 0.6 is 11.3 Å². The molecule has 2 N–H and O–H groups in total. The molecule has 1 heterocycles. The SMILES string of the molecule is CN=C(NCCOc1cccc2ccccc12)NCc1ncc(C)s1. The Labute approximate surface area is 151 Å². The van der Waals surface area contributed by atoms with Crippen LogP contribution in [0, 0.1) is 6.92 Å². The van der Waals surface area contributed by atoms with Gasteiger partial charge in [0.25, 0.3) is 0 Å². The van der Waals surface area contributed by atoms with E-state index < -0.39 is 0 Å². The van der Waals surface area contributed by atoms with Crippen molar-refractivity contribution in [3.8, 4) is 5.75 Å². The van der Waals surface area contributed by atoms with Crippen molar-refractivity contribution < 1.29 is 4.74 Å². The Morgan fingerprint density at radius 3 is 2.80 bits per heavy atom. The molecule has 0 bridgehead atoms. The van der Waals surface area contributed by atoms with E-state index in [2.05, 4.69) is 45.7 Å². The molecule has 25 heavy (non-hydrogen) atoms. The lowest BCUT2D eigenvalue weighted by molar-refractivity contribution is 0.325. The van der Waals surface area contributed by atoms with Gasteiger partial charge in [-0.25, -0.2) is 4.98 Å². The van der Waals surface area contributed by atoms with Gasteiger partial charge in [-0.15, -0.1) is 11.3 Å². The number of benzene rings is 2. The van der Waals surface area contributed by atoms with Crippen LogP contribution in [-0.4, -0.2) is 31.1 Å². The zero-order chi connectivity index (χ0) is 17.5. The van der Waals surface area contributed by atoms with Crippen molar-refractivity contribution in [1.29, 1.82) is 0 Å². The van der Waals surface area contributed by atoms with Gasteiger partial charge in [0, 0.05) is 23.5 Å². The first-order chi connectivity index (χ1) is 12.3. The lowest BCUT2D eigenvalue weighted by atomic mass is 10.1. The fraction of sp³-hybridized carbons (Fsp3) is 0.263. The van der Waals surface area contributed by atoms with Crippen LogP contribution in [0.1, 0.15) is 9.88 Å². The van der Waals surface area contributed by atoms with E-state index in [0.29, 0.717) is 19.7 Å². The molecule has 3 rings (SSSR count). The normalized spacial score (nSPS) is 11.5. The lowest BCUT2D eigenvalue weighted by Crippen LogP contribution is -2.38. The Kier molecular flexibility index (Phi) is 5.85. The molecule has 0 aliphatic carbocycles. The molecule has 0 aliphatic heterocycles. The van der Waals surface area contributed by atoms with Crippen molar-refractivity contribution in [2.24, 2.45) is 4.99 Å². The van der Waals surface area contributed by atoms with Gasteiger partial charge in [0.2, 0.25) is 0 Å². The minimum absolute atomic E-state index is 0.561. The molecule has 3 aromatic rings. The molecule has 2 aromatic carbocycles. The molecule has 0 spiro atoms. The Morgan fingerprint density at radius 2 is 2.00 bits per heavy atom. The number of hydrogen-bond donors (Lipinski definition) is 2. The molecule has 130 valence electrons. The van der Waals surface area contributed by atoms with Gasteiger partial charge in [0.1, 0.15) is 17.4 Å². The highest BCUT2D eigenvalue weighted by atomic mass is 32.1. The molecule has 0 atom stereocenters. The van der Waals surface area contributed by atoms with Crippen LogP contribution in [0.3, 0.4) is 0 Å². The summed E-state index contributed by atoms with van der Waals surface area (Å²) in [6, 6.07) is 14.3. The van der Waals surface area contributed by atoms with Crippen LogP contribution < -0.4 is 15.4 Å². The van der Waals surface area contributed by atoms with Crippen molar-refractivity contribution in [3.05, 3.63) is 58.5 Å². The van der Waals surface area contributed by atoms with Gasteiger partial charge in [-0.05, 0) is 18.4 Å². The van der Waals surface area contributed by atoms with Crippen LogP contribution in [0.25, 0.3) is 10.8 Å². The summed E-state index contributed by atoms with van der Waals surface area (Å²) < 4.78 is 5.92. The molecule has 1 aromatic heterocycles. The second kappa shape index (κ2) is 8.48. The van der Waals surface area contributed by atoms with E-state index in [0.717, 1.165) is 22.1 Å². The summed E-state index contributed by atoms with van der Waals surface area (Å²) in [6.45, 7) is 3.95. The molecule has 5 nitrogen and oxygen atoms in total. The summed E-state index contributed by atoms with van der Waals surface area (Å²) >= 11 is 1.69. The average molecular weight is 354 g/mol. The standard InChI is InChI=1S/C19H22N4OS/c1-14-12-22-18(25-14)13-23-19(20-2)21-10-11-24-17-9-5-7-15-6-3-4-8-16(15)17/h3-9,12H,10-11,13H2,1-2H3,(H2,20,21,23). The van der Waals surface area contributed by atoms with Gasteiger partial charge in [-0.2, -0.15) is 0 Å². The number of aromatic nitrogens is 1. The maximum absolute atomic E-state index is 5.92. The molecule has 0 saturated carbocycles. The first-order valence-corrected chi connectivity index (χ1v) is 9.04. The molecular weight excluding hydrogens is 332 g/mol. The number of fused-ring (bicyclic) bond motifs is 1. The van der Waals surface area contributed by atoms with Crippen molar-refractivity contribution in [1.82, 2.24) is 15.6 Å². The second-order valence-electron chi connectivity index (χ2n) is 5.54. The average Bonchev–Trinajstić information content (AvgIpc) is 3.06. The number of aryl methyl sites for hydroxylation is 1. The monoisotopic (exact) mass is 354 g/mol. The molecular formula is C19H22N4OS. The number of nitrogens with one attached hydrogen (secondary N) is 2. The fourth-order valence-corrected chi connectivity index (χ4v) is 3.24. The molecule has 6 heteroatoms. The number of thiazole rings is 1. The van der Waals surface area contributed by atoms with Gasteiger partial charge < -0.3 is 15.4 Å². The Hall–Kier alpha value is -2.60. The van der Waals surface area contributed by atoms with Crippen molar-refractivity contribution in [3.63, 3.8) is 0 Å². The third kappa shape index (κ3) is 4.70. The number of nitrogens with zero attached hydrogens (tertiary/aromatic N) is 2. The van der Waals surface area contributed by atoms with E-state index in [4.69, 9.17) is 4.74 Å².